The molecule has 0 saturated carbocycles. The van der Waals surface area contributed by atoms with Crippen molar-refractivity contribution in [1.29, 1.82) is 0 Å². The fraction of sp³-hybridized carbons (Fsp3) is 0.857. The van der Waals surface area contributed by atoms with Crippen LogP contribution in [0.25, 0.3) is 0 Å². The molecule has 1 unspecified atom stereocenters. The monoisotopic (exact) mass is 464 g/mol. The van der Waals surface area contributed by atoms with Gasteiger partial charge < -0.3 is 15.4 Å². The van der Waals surface area contributed by atoms with E-state index in [1.165, 1.54) is 70.6 Å². The van der Waals surface area contributed by atoms with E-state index in [4.69, 9.17) is 10.5 Å². The Kier molecular flexibility index (Phi) is 15.4. The molecule has 0 aromatic rings. The van der Waals surface area contributed by atoms with Crippen LogP contribution >= 0.6 is 0 Å². The third kappa shape index (κ3) is 13.8. The van der Waals surface area contributed by atoms with Gasteiger partial charge in [0.15, 0.2) is 5.78 Å². The van der Waals surface area contributed by atoms with Crippen LogP contribution in [-0.4, -0.2) is 41.0 Å². The van der Waals surface area contributed by atoms with Gasteiger partial charge in [-0.15, -0.1) is 0 Å². The van der Waals surface area contributed by atoms with Crippen LogP contribution in [0.2, 0.25) is 0 Å². The normalized spacial score (nSPS) is 17.6. The van der Waals surface area contributed by atoms with Crippen molar-refractivity contribution in [3.8, 4) is 0 Å². The van der Waals surface area contributed by atoms with Gasteiger partial charge >= 0.3 is 6.09 Å². The zero-order valence-corrected chi connectivity index (χ0v) is 22.1. The number of carbonyl (C=O) groups excluding carboxylic acids is 2. The molecule has 2 N–H and O–H groups in total. The number of hydrogen-bond acceptors (Lipinski definition) is 4. The summed E-state index contributed by atoms with van der Waals surface area (Å²) in [5, 5.41) is 0. The molecule has 1 aliphatic heterocycles. The number of rotatable bonds is 17. The van der Waals surface area contributed by atoms with E-state index >= 15 is 0 Å². The number of hydrogen-bond donors (Lipinski definition) is 1. The maximum Gasteiger partial charge on any atom is 0.410 e. The van der Waals surface area contributed by atoms with Crippen molar-refractivity contribution in [1.82, 2.24) is 4.90 Å². The first kappa shape index (κ1) is 29.7. The summed E-state index contributed by atoms with van der Waals surface area (Å²) < 4.78 is 5.49. The minimum atomic E-state index is -0.600. The summed E-state index contributed by atoms with van der Waals surface area (Å²) in [6.07, 6.45) is 22.6. The highest BCUT2D eigenvalue weighted by Gasteiger charge is 2.37. The molecular formula is C28H52N2O3. The molecule has 1 amide bonds. The fourth-order valence-corrected chi connectivity index (χ4v) is 4.46. The van der Waals surface area contributed by atoms with Gasteiger partial charge in [0.05, 0.1) is 12.1 Å². The molecule has 0 aromatic heterocycles. The van der Waals surface area contributed by atoms with E-state index in [0.717, 1.165) is 25.7 Å². The number of Topliss-reactive ketones (excluding diaryl/α,β-unsaturated/α-hetero) is 1. The minimum absolute atomic E-state index is 0.0769. The molecule has 33 heavy (non-hydrogen) atoms. The van der Waals surface area contributed by atoms with E-state index in [9.17, 15) is 9.59 Å². The Balaban J connectivity index is 2.09. The molecule has 1 fully saturated rings. The van der Waals surface area contributed by atoms with Crippen molar-refractivity contribution in [3.63, 3.8) is 0 Å². The standard InChI is InChI=1S/C28H52N2O3/c1-5-6-7-8-9-10-11-12-13-14-15-16-17-18-19-22-25(31)26(29)24-21-20-23-30(24)27(32)33-28(2,3)4/h12-13,24,26H,5-11,14-23,29H2,1-4H3/b13-12-/t24-,26?/m0/s1. The summed E-state index contributed by atoms with van der Waals surface area (Å²) in [6, 6.07) is -0.827. The van der Waals surface area contributed by atoms with Gasteiger partial charge in [-0.2, -0.15) is 0 Å². The summed E-state index contributed by atoms with van der Waals surface area (Å²) in [5.41, 5.74) is 5.73. The van der Waals surface area contributed by atoms with E-state index < -0.39 is 11.6 Å². The van der Waals surface area contributed by atoms with Gasteiger partial charge in [-0.1, -0.05) is 70.4 Å². The fourth-order valence-electron chi connectivity index (χ4n) is 4.46. The number of carbonyl (C=O) groups is 2. The van der Waals surface area contributed by atoms with Crippen LogP contribution in [-0.2, 0) is 9.53 Å². The van der Waals surface area contributed by atoms with Gasteiger partial charge in [0, 0.05) is 13.0 Å². The van der Waals surface area contributed by atoms with Crippen LogP contribution in [0.4, 0.5) is 4.79 Å². The van der Waals surface area contributed by atoms with Crippen LogP contribution in [0.5, 0.6) is 0 Å². The van der Waals surface area contributed by atoms with Crippen LogP contribution in [0.15, 0.2) is 12.2 Å². The molecule has 0 bridgehead atoms. The second-order valence-electron chi connectivity index (χ2n) is 10.7. The lowest BCUT2D eigenvalue weighted by molar-refractivity contribution is -0.121. The topological polar surface area (TPSA) is 72.6 Å². The quantitative estimate of drug-likeness (QED) is 0.181. The average Bonchev–Trinajstić information content (AvgIpc) is 3.24. The molecule has 2 atom stereocenters. The molecule has 1 rings (SSSR count). The lowest BCUT2D eigenvalue weighted by atomic mass is 9.98. The van der Waals surface area contributed by atoms with Crippen molar-refractivity contribution >= 4 is 11.9 Å². The zero-order chi connectivity index (χ0) is 24.5. The smallest absolute Gasteiger partial charge is 0.410 e. The highest BCUT2D eigenvalue weighted by Crippen LogP contribution is 2.23. The SMILES string of the molecule is CCCCCCCC/C=C\CCCCCCCC(=O)C(N)[C@@H]1CCCN1C(=O)OC(C)(C)C. The largest absolute Gasteiger partial charge is 0.444 e. The summed E-state index contributed by atoms with van der Waals surface area (Å²) in [5.74, 6) is 0.0769. The third-order valence-corrected chi connectivity index (χ3v) is 6.40. The van der Waals surface area contributed by atoms with Crippen LogP contribution < -0.4 is 5.73 Å². The highest BCUT2D eigenvalue weighted by molar-refractivity contribution is 5.85. The summed E-state index contributed by atoms with van der Waals surface area (Å²) in [6.45, 7) is 8.45. The number of nitrogens with zero attached hydrogens (tertiary/aromatic N) is 1. The van der Waals surface area contributed by atoms with Gasteiger partial charge in [-0.05, 0) is 65.7 Å². The number of ketones is 1. The molecule has 5 nitrogen and oxygen atoms in total. The van der Waals surface area contributed by atoms with Gasteiger partial charge in [0.2, 0.25) is 0 Å². The zero-order valence-electron chi connectivity index (χ0n) is 22.1. The van der Waals surface area contributed by atoms with Crippen LogP contribution in [0, 0.1) is 0 Å². The Morgan fingerprint density at radius 2 is 1.48 bits per heavy atom. The van der Waals surface area contributed by atoms with Gasteiger partial charge in [0.1, 0.15) is 5.60 Å². The summed E-state index contributed by atoms with van der Waals surface area (Å²) in [7, 11) is 0. The Bertz CT molecular complexity index is 568. The molecule has 1 heterocycles. The molecule has 0 spiro atoms. The Labute approximate surface area is 203 Å². The van der Waals surface area contributed by atoms with E-state index in [2.05, 4.69) is 19.1 Å². The van der Waals surface area contributed by atoms with Crippen molar-refractivity contribution in [2.45, 2.75) is 148 Å². The molecule has 0 radical (unpaired) electrons. The lowest BCUT2D eigenvalue weighted by Crippen LogP contribution is -2.51. The third-order valence-electron chi connectivity index (χ3n) is 6.40. The van der Waals surface area contributed by atoms with Gasteiger partial charge in [0.25, 0.3) is 0 Å². The first-order valence-corrected chi connectivity index (χ1v) is 13.7. The first-order chi connectivity index (χ1) is 15.8. The van der Waals surface area contributed by atoms with Gasteiger partial charge in [-0.3, -0.25) is 4.79 Å². The van der Waals surface area contributed by atoms with Gasteiger partial charge in [-0.25, -0.2) is 4.79 Å². The molecule has 1 aliphatic rings. The maximum atomic E-state index is 12.6. The van der Waals surface area contributed by atoms with Crippen molar-refractivity contribution < 1.29 is 14.3 Å². The number of allylic oxidation sites excluding steroid dienone is 2. The second-order valence-corrected chi connectivity index (χ2v) is 10.7. The number of unbranched alkanes of at least 4 members (excludes halogenated alkanes) is 11. The minimum Gasteiger partial charge on any atom is -0.444 e. The predicted molar refractivity (Wildman–Crippen MR) is 138 cm³/mol. The highest BCUT2D eigenvalue weighted by atomic mass is 16.6. The molecular weight excluding hydrogens is 412 g/mol. The number of nitrogens with two attached hydrogens (primary N) is 1. The Hall–Kier alpha value is -1.36. The summed E-state index contributed by atoms with van der Waals surface area (Å²) >= 11 is 0. The van der Waals surface area contributed by atoms with Crippen molar-refractivity contribution in [2.75, 3.05) is 6.54 Å². The number of likely N-dealkylation sites (tertiary alicyclic amines) is 1. The number of ether oxygens (including phenoxy) is 1. The molecule has 0 aromatic carbocycles. The maximum absolute atomic E-state index is 12.6. The first-order valence-electron chi connectivity index (χ1n) is 13.7. The number of amides is 1. The molecule has 5 heteroatoms. The van der Waals surface area contributed by atoms with Crippen molar-refractivity contribution in [2.24, 2.45) is 5.73 Å². The second kappa shape index (κ2) is 17.1. The molecule has 0 aliphatic carbocycles. The Morgan fingerprint density at radius 1 is 0.939 bits per heavy atom. The molecule has 1 saturated heterocycles. The van der Waals surface area contributed by atoms with Crippen LogP contribution in [0.3, 0.4) is 0 Å². The van der Waals surface area contributed by atoms with E-state index in [-0.39, 0.29) is 17.9 Å². The van der Waals surface area contributed by atoms with Crippen molar-refractivity contribution in [3.05, 3.63) is 12.2 Å². The average molecular weight is 465 g/mol. The van der Waals surface area contributed by atoms with E-state index in [1.54, 1.807) is 4.90 Å². The predicted octanol–water partition coefficient (Wildman–Crippen LogP) is 7.32. The van der Waals surface area contributed by atoms with Crippen LogP contribution in [0.1, 0.15) is 130 Å². The van der Waals surface area contributed by atoms with E-state index in [0.29, 0.717) is 13.0 Å². The molecule has 192 valence electrons. The lowest BCUT2D eigenvalue weighted by Gasteiger charge is -2.31. The van der Waals surface area contributed by atoms with E-state index in [1.807, 2.05) is 20.8 Å². The summed E-state index contributed by atoms with van der Waals surface area (Å²) in [4.78, 5) is 26.7. The Morgan fingerprint density at radius 3 is 2.06 bits per heavy atom.